The molecule has 0 bridgehead atoms. The van der Waals surface area contributed by atoms with E-state index in [1.165, 1.54) is 0 Å². The van der Waals surface area contributed by atoms with Gasteiger partial charge >= 0.3 is 0 Å². The van der Waals surface area contributed by atoms with Crippen molar-refractivity contribution in [2.24, 2.45) is 5.92 Å². The molecule has 0 aromatic heterocycles. The zero-order valence-corrected chi connectivity index (χ0v) is 11.2. The van der Waals surface area contributed by atoms with E-state index in [4.69, 9.17) is 4.74 Å². The highest BCUT2D eigenvalue weighted by Gasteiger charge is 2.11. The van der Waals surface area contributed by atoms with Gasteiger partial charge in [0, 0.05) is 12.0 Å². The summed E-state index contributed by atoms with van der Waals surface area (Å²) in [6.07, 6.45) is 2.89. The van der Waals surface area contributed by atoms with Crippen LogP contribution in [0, 0.1) is 12.8 Å². The first-order chi connectivity index (χ1) is 8.08. The van der Waals surface area contributed by atoms with Gasteiger partial charge in [-0.05, 0) is 36.6 Å². The smallest absolute Gasteiger partial charge is 0.163 e. The Labute approximate surface area is 104 Å². The summed E-state index contributed by atoms with van der Waals surface area (Å²) in [6.45, 7) is 6.25. The van der Waals surface area contributed by atoms with Gasteiger partial charge in [-0.15, -0.1) is 0 Å². The van der Waals surface area contributed by atoms with E-state index in [-0.39, 0.29) is 5.78 Å². The molecule has 0 fully saturated rings. The molecular weight excluding hydrogens is 212 g/mol. The van der Waals surface area contributed by atoms with E-state index in [0.717, 1.165) is 29.7 Å². The molecule has 94 valence electrons. The van der Waals surface area contributed by atoms with Crippen molar-refractivity contribution in [3.63, 3.8) is 0 Å². The second-order valence-electron chi connectivity index (χ2n) is 4.71. The second kappa shape index (κ2) is 6.43. The predicted octanol–water partition coefficient (Wildman–Crippen LogP) is 4.01. The van der Waals surface area contributed by atoms with Gasteiger partial charge in [0.1, 0.15) is 5.75 Å². The van der Waals surface area contributed by atoms with Gasteiger partial charge in [-0.3, -0.25) is 4.79 Å². The van der Waals surface area contributed by atoms with E-state index in [2.05, 4.69) is 13.8 Å². The Kier molecular flexibility index (Phi) is 5.20. The van der Waals surface area contributed by atoms with Gasteiger partial charge in [-0.25, -0.2) is 0 Å². The minimum absolute atomic E-state index is 0.233. The number of carbonyl (C=O) groups is 1. The molecule has 0 amide bonds. The van der Waals surface area contributed by atoms with Crippen LogP contribution in [0.15, 0.2) is 18.2 Å². The van der Waals surface area contributed by atoms with Crippen LogP contribution in [0.4, 0.5) is 0 Å². The number of hydrogen-bond acceptors (Lipinski definition) is 2. The first-order valence-corrected chi connectivity index (χ1v) is 6.26. The number of benzene rings is 1. The lowest BCUT2D eigenvalue weighted by molar-refractivity contribution is 0.0962. The Morgan fingerprint density at radius 3 is 2.65 bits per heavy atom. The molecule has 0 aliphatic carbocycles. The normalized spacial score (nSPS) is 12.2. The van der Waals surface area contributed by atoms with Crippen LogP contribution in [0.5, 0.6) is 5.75 Å². The largest absolute Gasteiger partial charge is 0.496 e. The van der Waals surface area contributed by atoms with E-state index < -0.39 is 0 Å². The first kappa shape index (κ1) is 13.8. The van der Waals surface area contributed by atoms with Crippen LogP contribution in [0.1, 0.15) is 49.0 Å². The van der Waals surface area contributed by atoms with Crippen molar-refractivity contribution in [1.82, 2.24) is 0 Å². The van der Waals surface area contributed by atoms with E-state index in [9.17, 15) is 4.79 Å². The number of hydrogen-bond donors (Lipinski definition) is 0. The van der Waals surface area contributed by atoms with Crippen molar-refractivity contribution in [2.45, 2.75) is 40.0 Å². The van der Waals surface area contributed by atoms with Crippen LogP contribution >= 0.6 is 0 Å². The maximum atomic E-state index is 12.0. The van der Waals surface area contributed by atoms with E-state index in [1.807, 2.05) is 25.1 Å². The van der Waals surface area contributed by atoms with Gasteiger partial charge < -0.3 is 4.74 Å². The summed E-state index contributed by atoms with van der Waals surface area (Å²) in [4.78, 5) is 12.0. The van der Waals surface area contributed by atoms with Crippen LogP contribution in [0.3, 0.4) is 0 Å². The van der Waals surface area contributed by atoms with Crippen molar-refractivity contribution in [3.8, 4) is 5.75 Å². The average molecular weight is 234 g/mol. The molecule has 0 aliphatic rings. The summed E-state index contributed by atoms with van der Waals surface area (Å²) in [5.41, 5.74) is 1.81. The molecular formula is C15H22O2. The third-order valence-corrected chi connectivity index (χ3v) is 3.03. The number of ether oxygens (including phenoxy) is 1. The molecule has 0 heterocycles. The minimum atomic E-state index is 0.233. The summed E-state index contributed by atoms with van der Waals surface area (Å²) in [5, 5.41) is 0. The molecule has 1 aromatic carbocycles. The standard InChI is InChI=1S/C15H22O2/c1-5-6-11(2)9-14(16)13-7-8-15(17-4)12(3)10-13/h7-8,10-11H,5-6,9H2,1-4H3. The Bertz CT molecular complexity index is 383. The van der Waals surface area contributed by atoms with E-state index in [1.54, 1.807) is 7.11 Å². The lowest BCUT2D eigenvalue weighted by atomic mass is 9.95. The fourth-order valence-corrected chi connectivity index (χ4v) is 2.08. The maximum Gasteiger partial charge on any atom is 0.163 e. The average Bonchev–Trinajstić information content (AvgIpc) is 2.29. The molecule has 0 spiro atoms. The highest BCUT2D eigenvalue weighted by Crippen LogP contribution is 2.21. The Morgan fingerprint density at radius 1 is 1.41 bits per heavy atom. The van der Waals surface area contributed by atoms with Crippen molar-refractivity contribution < 1.29 is 9.53 Å². The third-order valence-electron chi connectivity index (χ3n) is 3.03. The molecule has 0 saturated carbocycles. The monoisotopic (exact) mass is 234 g/mol. The minimum Gasteiger partial charge on any atom is -0.496 e. The lowest BCUT2D eigenvalue weighted by Gasteiger charge is -2.10. The van der Waals surface area contributed by atoms with Crippen molar-refractivity contribution in [1.29, 1.82) is 0 Å². The van der Waals surface area contributed by atoms with Crippen LogP contribution < -0.4 is 4.74 Å². The van der Waals surface area contributed by atoms with Crippen molar-refractivity contribution in [2.75, 3.05) is 7.11 Å². The summed E-state index contributed by atoms with van der Waals surface area (Å²) in [5.74, 6) is 1.54. The zero-order chi connectivity index (χ0) is 12.8. The molecule has 17 heavy (non-hydrogen) atoms. The molecule has 1 rings (SSSR count). The summed E-state index contributed by atoms with van der Waals surface area (Å²) < 4.78 is 5.19. The van der Waals surface area contributed by atoms with Gasteiger partial charge in [0.2, 0.25) is 0 Å². The van der Waals surface area contributed by atoms with Gasteiger partial charge in [-0.1, -0.05) is 26.7 Å². The Morgan fingerprint density at radius 2 is 2.12 bits per heavy atom. The number of rotatable bonds is 6. The molecule has 1 atom stereocenters. The molecule has 2 nitrogen and oxygen atoms in total. The van der Waals surface area contributed by atoms with Crippen LogP contribution in [0.2, 0.25) is 0 Å². The molecule has 1 aromatic rings. The topological polar surface area (TPSA) is 26.3 Å². The van der Waals surface area contributed by atoms with Crippen LogP contribution in [0.25, 0.3) is 0 Å². The SMILES string of the molecule is CCCC(C)CC(=O)c1ccc(OC)c(C)c1. The fourth-order valence-electron chi connectivity index (χ4n) is 2.08. The maximum absolute atomic E-state index is 12.0. The highest BCUT2D eigenvalue weighted by atomic mass is 16.5. The molecule has 0 aliphatic heterocycles. The number of carbonyl (C=O) groups excluding carboxylic acids is 1. The predicted molar refractivity (Wildman–Crippen MR) is 70.8 cm³/mol. The van der Waals surface area contributed by atoms with Gasteiger partial charge in [-0.2, -0.15) is 0 Å². The molecule has 0 saturated heterocycles. The number of aryl methyl sites for hydroxylation is 1. The van der Waals surface area contributed by atoms with Gasteiger partial charge in [0.25, 0.3) is 0 Å². The van der Waals surface area contributed by atoms with E-state index >= 15 is 0 Å². The van der Waals surface area contributed by atoms with Crippen LogP contribution in [-0.4, -0.2) is 12.9 Å². The molecule has 0 N–H and O–H groups in total. The van der Waals surface area contributed by atoms with Crippen LogP contribution in [-0.2, 0) is 0 Å². The molecule has 2 heteroatoms. The molecule has 0 radical (unpaired) electrons. The second-order valence-corrected chi connectivity index (χ2v) is 4.71. The number of ketones is 1. The van der Waals surface area contributed by atoms with Gasteiger partial charge in [0.05, 0.1) is 7.11 Å². The zero-order valence-electron chi connectivity index (χ0n) is 11.2. The van der Waals surface area contributed by atoms with Crippen molar-refractivity contribution >= 4 is 5.78 Å². The Hall–Kier alpha value is -1.31. The quantitative estimate of drug-likeness (QED) is 0.695. The Balaban J connectivity index is 2.72. The lowest BCUT2D eigenvalue weighted by Crippen LogP contribution is -2.06. The number of methoxy groups -OCH3 is 1. The summed E-state index contributed by atoms with van der Waals surface area (Å²) in [7, 11) is 1.65. The first-order valence-electron chi connectivity index (χ1n) is 6.26. The summed E-state index contributed by atoms with van der Waals surface area (Å²) >= 11 is 0. The number of Topliss-reactive ketones (excluding diaryl/α,β-unsaturated/α-hetero) is 1. The third kappa shape index (κ3) is 3.88. The molecule has 1 unspecified atom stereocenters. The summed E-state index contributed by atoms with van der Waals surface area (Å²) in [6, 6.07) is 5.64. The highest BCUT2D eigenvalue weighted by molar-refractivity contribution is 5.96. The van der Waals surface area contributed by atoms with Crippen molar-refractivity contribution in [3.05, 3.63) is 29.3 Å². The fraction of sp³-hybridized carbons (Fsp3) is 0.533. The van der Waals surface area contributed by atoms with Gasteiger partial charge in [0.15, 0.2) is 5.78 Å². The van der Waals surface area contributed by atoms with E-state index in [0.29, 0.717) is 12.3 Å².